The minimum Gasteiger partial charge on any atom is -0.271 e. The lowest BCUT2D eigenvalue weighted by molar-refractivity contribution is -0.119. The number of rotatable bonds is 3. The van der Waals surface area contributed by atoms with Gasteiger partial charge in [0.2, 0.25) is 0 Å². The molecule has 0 radical (unpaired) electrons. The SMILES string of the molecule is O=C(CN1c2cccc3cccc(c23)S1(=O)=O)NN=C1C2CC3CC(C2)CC1C3. The second-order valence-corrected chi connectivity index (χ2v) is 10.8. The zero-order chi connectivity index (χ0) is 19.8. The number of sulfonamides is 1. The molecule has 0 aromatic heterocycles. The van der Waals surface area contributed by atoms with Crippen LogP contribution in [0, 0.1) is 23.7 Å². The number of hydrogen-bond acceptors (Lipinski definition) is 4. The molecule has 2 aromatic rings. The van der Waals surface area contributed by atoms with Gasteiger partial charge >= 0.3 is 0 Å². The molecule has 0 unspecified atom stereocenters. The standard InChI is InChI=1S/C22H23N3O3S/c26-20(23-24-22-16-8-13-7-14(10-16)11-17(22)9-13)12-25-18-5-1-3-15-4-2-6-19(21(15)18)29(25,27)28/h1-6,13-14,16-17H,7-12H2,(H,23,26). The van der Waals surface area contributed by atoms with Gasteiger partial charge in [-0.3, -0.25) is 9.10 Å². The van der Waals surface area contributed by atoms with Crippen molar-refractivity contribution in [2.24, 2.45) is 28.8 Å². The van der Waals surface area contributed by atoms with E-state index in [1.165, 1.54) is 36.4 Å². The Morgan fingerprint density at radius 1 is 1.00 bits per heavy atom. The van der Waals surface area contributed by atoms with Crippen molar-refractivity contribution in [3.63, 3.8) is 0 Å². The van der Waals surface area contributed by atoms with Crippen molar-refractivity contribution < 1.29 is 13.2 Å². The van der Waals surface area contributed by atoms with Gasteiger partial charge in [0.1, 0.15) is 6.54 Å². The van der Waals surface area contributed by atoms with Crippen LogP contribution in [0.15, 0.2) is 46.4 Å². The summed E-state index contributed by atoms with van der Waals surface area (Å²) < 4.78 is 27.2. The quantitative estimate of drug-likeness (QED) is 0.790. The first-order chi connectivity index (χ1) is 14.0. The van der Waals surface area contributed by atoms with E-state index >= 15 is 0 Å². The van der Waals surface area contributed by atoms with E-state index in [-0.39, 0.29) is 17.3 Å². The van der Waals surface area contributed by atoms with E-state index in [1.54, 1.807) is 18.2 Å². The number of carbonyl (C=O) groups excluding carboxylic acids is 1. The van der Waals surface area contributed by atoms with Gasteiger partial charge in [0.05, 0.1) is 10.6 Å². The van der Waals surface area contributed by atoms with E-state index < -0.39 is 10.0 Å². The van der Waals surface area contributed by atoms with E-state index in [4.69, 9.17) is 0 Å². The van der Waals surface area contributed by atoms with Gasteiger partial charge in [-0.05, 0) is 73.3 Å². The fraction of sp³-hybridized carbons (Fsp3) is 0.455. The van der Waals surface area contributed by atoms with Crippen molar-refractivity contribution in [3.8, 4) is 0 Å². The average molecular weight is 410 g/mol. The van der Waals surface area contributed by atoms with Crippen molar-refractivity contribution in [1.29, 1.82) is 0 Å². The van der Waals surface area contributed by atoms with Gasteiger partial charge in [0, 0.05) is 11.1 Å². The third-order valence-corrected chi connectivity index (χ3v) is 9.05. The number of hydrogen-bond donors (Lipinski definition) is 1. The Morgan fingerprint density at radius 2 is 1.66 bits per heavy atom. The summed E-state index contributed by atoms with van der Waals surface area (Å²) in [5.74, 6) is 2.28. The summed E-state index contributed by atoms with van der Waals surface area (Å²) in [6.07, 6.45) is 6.14. The second-order valence-electron chi connectivity index (χ2n) is 9.02. The fourth-order valence-electron chi connectivity index (χ4n) is 6.27. The number of nitrogens with one attached hydrogen (secondary N) is 1. The first kappa shape index (κ1) is 17.4. The van der Waals surface area contributed by atoms with Gasteiger partial charge < -0.3 is 0 Å². The van der Waals surface area contributed by atoms with Crippen molar-refractivity contribution in [2.75, 3.05) is 10.8 Å². The summed E-state index contributed by atoms with van der Waals surface area (Å²) in [6, 6.07) is 10.7. The first-order valence-electron chi connectivity index (χ1n) is 10.4. The predicted octanol–water partition coefficient (Wildman–Crippen LogP) is 3.28. The molecule has 4 saturated carbocycles. The number of hydrazone groups is 1. The number of carbonyl (C=O) groups is 1. The molecule has 4 fully saturated rings. The Kier molecular flexibility index (Phi) is 3.64. The average Bonchev–Trinajstić information content (AvgIpc) is 2.90. The highest BCUT2D eigenvalue weighted by Gasteiger charge is 2.46. The summed E-state index contributed by atoms with van der Waals surface area (Å²) in [6.45, 7) is -0.256. The lowest BCUT2D eigenvalue weighted by Crippen LogP contribution is -2.46. The van der Waals surface area contributed by atoms with Crippen LogP contribution < -0.4 is 9.73 Å². The zero-order valence-electron chi connectivity index (χ0n) is 16.0. The molecule has 6 nitrogen and oxygen atoms in total. The normalized spacial score (nSPS) is 30.8. The van der Waals surface area contributed by atoms with Gasteiger partial charge in [0.15, 0.2) is 0 Å². The molecule has 0 saturated heterocycles. The molecule has 7 heteroatoms. The fourth-order valence-corrected chi connectivity index (χ4v) is 7.94. The van der Waals surface area contributed by atoms with Crippen LogP contribution in [0.1, 0.15) is 32.1 Å². The molecule has 4 aliphatic carbocycles. The van der Waals surface area contributed by atoms with Crippen LogP contribution in [0.3, 0.4) is 0 Å². The lowest BCUT2D eigenvalue weighted by Gasteiger charge is -2.50. The Labute approximate surface area is 170 Å². The molecule has 0 spiro atoms. The second kappa shape index (κ2) is 6.05. The van der Waals surface area contributed by atoms with Crippen molar-refractivity contribution in [1.82, 2.24) is 5.43 Å². The molecule has 29 heavy (non-hydrogen) atoms. The highest BCUT2D eigenvalue weighted by Crippen LogP contribution is 2.52. The Bertz CT molecular complexity index is 1140. The summed E-state index contributed by atoms with van der Waals surface area (Å²) in [4.78, 5) is 12.9. The Hall–Kier alpha value is -2.41. The molecule has 1 amide bonds. The summed E-state index contributed by atoms with van der Waals surface area (Å²) in [7, 11) is -3.73. The van der Waals surface area contributed by atoms with E-state index in [0.717, 1.165) is 22.9 Å². The van der Waals surface area contributed by atoms with Crippen molar-refractivity contribution in [3.05, 3.63) is 36.4 Å². The number of anilines is 1. The minimum atomic E-state index is -3.73. The Balaban J connectivity index is 1.24. The van der Waals surface area contributed by atoms with E-state index in [1.807, 2.05) is 18.2 Å². The Morgan fingerprint density at radius 3 is 2.34 bits per heavy atom. The number of nitrogens with zero attached hydrogens (tertiary/aromatic N) is 2. The maximum atomic E-state index is 13.0. The summed E-state index contributed by atoms with van der Waals surface area (Å²) >= 11 is 0. The third-order valence-electron chi connectivity index (χ3n) is 7.25. The van der Waals surface area contributed by atoms with Crippen LogP contribution in [0.2, 0.25) is 0 Å². The van der Waals surface area contributed by atoms with E-state index in [2.05, 4.69) is 10.5 Å². The molecular formula is C22H23N3O3S. The largest absolute Gasteiger partial charge is 0.271 e. The molecule has 1 heterocycles. The summed E-state index contributed by atoms with van der Waals surface area (Å²) in [5, 5.41) is 6.06. The molecule has 150 valence electrons. The number of amides is 1. The van der Waals surface area contributed by atoms with E-state index in [9.17, 15) is 13.2 Å². The van der Waals surface area contributed by atoms with Gasteiger partial charge in [-0.15, -0.1) is 0 Å². The molecule has 1 N–H and O–H groups in total. The first-order valence-corrected chi connectivity index (χ1v) is 11.9. The molecule has 0 atom stereocenters. The highest BCUT2D eigenvalue weighted by molar-refractivity contribution is 7.93. The molecule has 5 aliphatic rings. The van der Waals surface area contributed by atoms with Crippen molar-refractivity contribution >= 4 is 38.1 Å². The van der Waals surface area contributed by atoms with Gasteiger partial charge in [-0.1, -0.05) is 24.3 Å². The maximum absolute atomic E-state index is 13.0. The highest BCUT2D eigenvalue weighted by atomic mass is 32.2. The molecule has 1 aliphatic heterocycles. The summed E-state index contributed by atoms with van der Waals surface area (Å²) in [5.41, 5.74) is 4.38. The van der Waals surface area contributed by atoms with Crippen LogP contribution in [-0.2, 0) is 14.8 Å². The van der Waals surface area contributed by atoms with Crippen LogP contribution >= 0.6 is 0 Å². The van der Waals surface area contributed by atoms with Crippen LogP contribution in [0.4, 0.5) is 5.69 Å². The zero-order valence-corrected chi connectivity index (χ0v) is 16.9. The minimum absolute atomic E-state index is 0.256. The monoisotopic (exact) mass is 409 g/mol. The van der Waals surface area contributed by atoms with Gasteiger partial charge in [-0.2, -0.15) is 5.10 Å². The van der Waals surface area contributed by atoms with E-state index in [0.29, 0.717) is 22.9 Å². The van der Waals surface area contributed by atoms with Gasteiger partial charge in [0.25, 0.3) is 15.9 Å². The molecular weight excluding hydrogens is 386 g/mol. The predicted molar refractivity (Wildman–Crippen MR) is 111 cm³/mol. The van der Waals surface area contributed by atoms with Crippen LogP contribution in [0.25, 0.3) is 10.8 Å². The third kappa shape index (κ3) is 2.56. The maximum Gasteiger partial charge on any atom is 0.265 e. The lowest BCUT2D eigenvalue weighted by atomic mass is 9.55. The van der Waals surface area contributed by atoms with Crippen molar-refractivity contribution in [2.45, 2.75) is 37.0 Å². The topological polar surface area (TPSA) is 78.8 Å². The van der Waals surface area contributed by atoms with Crippen LogP contribution in [0.5, 0.6) is 0 Å². The molecule has 4 bridgehead atoms. The van der Waals surface area contributed by atoms with Crippen LogP contribution in [-0.4, -0.2) is 26.6 Å². The van der Waals surface area contributed by atoms with Gasteiger partial charge in [-0.25, -0.2) is 13.8 Å². The number of benzene rings is 2. The molecule has 2 aromatic carbocycles. The molecule has 7 rings (SSSR count). The smallest absolute Gasteiger partial charge is 0.265 e.